The molecular weight excluding hydrogens is 318 g/mol. The van der Waals surface area contributed by atoms with E-state index in [0.29, 0.717) is 10.3 Å². The second-order valence-electron chi connectivity index (χ2n) is 4.82. The Balaban J connectivity index is 3.57. The van der Waals surface area contributed by atoms with Crippen molar-refractivity contribution in [1.29, 1.82) is 0 Å². The fraction of sp³-hybridized carbons (Fsp3) is 0.312. The zero-order valence-electron chi connectivity index (χ0n) is 13.8. The molecule has 0 saturated carbocycles. The molecule has 8 nitrogen and oxygen atoms in total. The monoisotopic (exact) mass is 337 g/mol. The molecule has 1 aromatic rings. The summed E-state index contributed by atoms with van der Waals surface area (Å²) in [5.41, 5.74) is 0.806. The number of hydroxylamine groups is 1. The van der Waals surface area contributed by atoms with Crippen molar-refractivity contribution >= 4 is 17.7 Å². The summed E-state index contributed by atoms with van der Waals surface area (Å²) in [5, 5.41) is 21.1. The minimum absolute atomic E-state index is 0.0812. The Kier molecular flexibility index (Phi) is 7.09. The van der Waals surface area contributed by atoms with Crippen LogP contribution in [0.5, 0.6) is 0 Å². The molecule has 0 aliphatic carbocycles. The number of hydrogen-bond acceptors (Lipinski definition) is 7. The van der Waals surface area contributed by atoms with Gasteiger partial charge in [-0.15, -0.1) is 0 Å². The summed E-state index contributed by atoms with van der Waals surface area (Å²) in [6, 6.07) is 6.75. The van der Waals surface area contributed by atoms with Crippen molar-refractivity contribution < 1.29 is 33.9 Å². The summed E-state index contributed by atoms with van der Waals surface area (Å²) in [7, 11) is 2.19. The molecule has 0 saturated heterocycles. The molecule has 8 heteroatoms. The van der Waals surface area contributed by atoms with Crippen molar-refractivity contribution in [2.45, 2.75) is 20.1 Å². The lowest BCUT2D eigenvalue weighted by molar-refractivity contribution is -0.595. The Labute approximate surface area is 139 Å². The van der Waals surface area contributed by atoms with E-state index in [0.717, 1.165) is 25.9 Å². The van der Waals surface area contributed by atoms with Crippen LogP contribution in [0.2, 0.25) is 0 Å². The summed E-state index contributed by atoms with van der Waals surface area (Å²) in [5.74, 6) is -1.92. The van der Waals surface area contributed by atoms with E-state index in [4.69, 9.17) is 5.26 Å². The van der Waals surface area contributed by atoms with E-state index in [9.17, 15) is 14.8 Å². The highest BCUT2D eigenvalue weighted by Crippen LogP contribution is 2.11. The van der Waals surface area contributed by atoms with Crippen LogP contribution in [0.25, 0.3) is 0 Å². The van der Waals surface area contributed by atoms with Gasteiger partial charge in [0, 0.05) is 18.6 Å². The Morgan fingerprint density at radius 2 is 1.67 bits per heavy atom. The number of carbonyl (C=O) groups is 2. The largest absolute Gasteiger partial charge is 0.621 e. The predicted molar refractivity (Wildman–Crippen MR) is 84.2 cm³/mol. The van der Waals surface area contributed by atoms with Crippen molar-refractivity contribution in [3.05, 3.63) is 52.2 Å². The van der Waals surface area contributed by atoms with Crippen molar-refractivity contribution in [2.24, 2.45) is 0 Å². The second-order valence-corrected chi connectivity index (χ2v) is 4.82. The van der Waals surface area contributed by atoms with Gasteiger partial charge >= 0.3 is 11.9 Å². The molecule has 1 unspecified atom stereocenters. The van der Waals surface area contributed by atoms with Crippen LogP contribution in [0.4, 0.5) is 0 Å². The summed E-state index contributed by atoms with van der Waals surface area (Å²) < 4.78 is 9.39. The van der Waals surface area contributed by atoms with Gasteiger partial charge in [0.15, 0.2) is 5.57 Å². The van der Waals surface area contributed by atoms with E-state index in [1.54, 1.807) is 24.3 Å². The van der Waals surface area contributed by atoms with Crippen molar-refractivity contribution in [3.63, 3.8) is 0 Å². The lowest BCUT2D eigenvalue weighted by atomic mass is 10.0. The quantitative estimate of drug-likeness (QED) is 0.0798. The van der Waals surface area contributed by atoms with Crippen LogP contribution in [-0.2, 0) is 24.0 Å². The second kappa shape index (κ2) is 8.80. The van der Waals surface area contributed by atoms with Crippen molar-refractivity contribution in [2.75, 3.05) is 14.2 Å². The zero-order valence-corrected chi connectivity index (χ0v) is 13.8. The number of esters is 2. The molecule has 1 rings (SSSR count). The topological polar surface area (TPSA) is 108 Å². The Morgan fingerprint density at radius 3 is 2.08 bits per heavy atom. The maximum Gasteiger partial charge on any atom is 0.345 e. The number of rotatable bonds is 6. The first-order chi connectivity index (χ1) is 11.3. The molecule has 1 aromatic carbocycles. The Hall–Kier alpha value is -2.71. The Morgan fingerprint density at radius 1 is 1.17 bits per heavy atom. The first-order valence-corrected chi connectivity index (χ1v) is 6.94. The number of methoxy groups -OCH3 is 2. The van der Waals surface area contributed by atoms with Crippen LogP contribution in [0, 0.1) is 12.1 Å². The highest BCUT2D eigenvalue weighted by Gasteiger charge is 2.25. The summed E-state index contributed by atoms with van der Waals surface area (Å²) >= 11 is 0. The Bertz CT molecular complexity index is 644. The van der Waals surface area contributed by atoms with E-state index in [1.165, 1.54) is 6.92 Å². The van der Waals surface area contributed by atoms with E-state index < -0.39 is 23.7 Å². The number of nitrogens with zero attached hydrogens (tertiary/aromatic N) is 1. The molecule has 0 amide bonds. The van der Waals surface area contributed by atoms with Gasteiger partial charge in [-0.3, -0.25) is 0 Å². The fourth-order valence-corrected chi connectivity index (χ4v) is 1.80. The smallest absolute Gasteiger partial charge is 0.345 e. The molecule has 0 heterocycles. The molecular formula is C16H19NO7. The van der Waals surface area contributed by atoms with Gasteiger partial charge in [-0.05, 0) is 19.1 Å². The van der Waals surface area contributed by atoms with Crippen LogP contribution < -0.4 is 0 Å². The minimum Gasteiger partial charge on any atom is -0.621 e. The maximum absolute atomic E-state index is 12.4. The van der Waals surface area contributed by atoms with Crippen LogP contribution in [-0.4, -0.2) is 48.1 Å². The van der Waals surface area contributed by atoms with Crippen LogP contribution in [0.1, 0.15) is 18.1 Å². The lowest BCUT2D eigenvalue weighted by Crippen LogP contribution is -2.28. The van der Waals surface area contributed by atoms with Gasteiger partial charge in [-0.1, -0.05) is 17.7 Å². The number of benzene rings is 1. The van der Waals surface area contributed by atoms with Crippen molar-refractivity contribution in [3.8, 4) is 0 Å². The molecule has 0 aliphatic heterocycles. The standard InChI is InChI=1S/C16H19NO7/c1-10-5-7-12(8-6-10)14(17(20)11(2)24-21)9-13(15(18)22-3)16(19)23-4/h5-9,11,21H,1-4H3/b17-14-. The molecule has 1 atom stereocenters. The maximum atomic E-state index is 12.4. The molecule has 0 aliphatic rings. The van der Waals surface area contributed by atoms with Gasteiger partial charge < -0.3 is 14.7 Å². The third-order valence-electron chi connectivity index (χ3n) is 3.16. The van der Waals surface area contributed by atoms with Gasteiger partial charge in [0.1, 0.15) is 0 Å². The van der Waals surface area contributed by atoms with E-state index in [-0.39, 0.29) is 5.71 Å². The summed E-state index contributed by atoms with van der Waals surface area (Å²) in [4.78, 5) is 27.6. The molecule has 130 valence electrons. The molecule has 1 N–H and O–H groups in total. The van der Waals surface area contributed by atoms with Crippen LogP contribution in [0.15, 0.2) is 35.9 Å². The normalized spacial score (nSPS) is 12.7. The van der Waals surface area contributed by atoms with Gasteiger partial charge in [0.05, 0.1) is 14.2 Å². The van der Waals surface area contributed by atoms with Gasteiger partial charge in [-0.25, -0.2) is 14.8 Å². The first kappa shape index (κ1) is 19.3. The molecule has 24 heavy (non-hydrogen) atoms. The summed E-state index contributed by atoms with van der Waals surface area (Å²) in [6.45, 7) is 3.16. The number of hydrogen-bond donors (Lipinski definition) is 1. The highest BCUT2D eigenvalue weighted by atomic mass is 17.1. The molecule has 0 bridgehead atoms. The number of ether oxygens (including phenoxy) is 2. The van der Waals surface area contributed by atoms with E-state index in [2.05, 4.69) is 14.4 Å². The van der Waals surface area contributed by atoms with Crippen LogP contribution in [0.3, 0.4) is 0 Å². The van der Waals surface area contributed by atoms with Gasteiger partial charge in [0.25, 0.3) is 6.23 Å². The van der Waals surface area contributed by atoms with Gasteiger partial charge in [-0.2, -0.15) is 9.63 Å². The first-order valence-electron chi connectivity index (χ1n) is 6.94. The lowest BCUT2D eigenvalue weighted by Gasteiger charge is -2.13. The number of aryl methyl sites for hydroxylation is 1. The molecule has 0 radical (unpaired) electrons. The number of allylic oxidation sites excluding steroid dienone is 1. The van der Waals surface area contributed by atoms with E-state index >= 15 is 0 Å². The predicted octanol–water partition coefficient (Wildman–Crippen LogP) is 1.40. The summed E-state index contributed by atoms with van der Waals surface area (Å²) in [6.07, 6.45) is -0.237. The van der Waals surface area contributed by atoms with Crippen LogP contribution >= 0.6 is 0 Å². The fourth-order valence-electron chi connectivity index (χ4n) is 1.80. The average molecular weight is 337 g/mol. The number of carbonyl (C=O) groups excluding carboxylic acids is 2. The van der Waals surface area contributed by atoms with Crippen molar-refractivity contribution in [1.82, 2.24) is 0 Å². The van der Waals surface area contributed by atoms with E-state index in [1.807, 2.05) is 6.92 Å². The SMILES string of the molecule is COC(=O)C(=C/C(c1ccc(C)cc1)=[N+](/[O-])C(C)OO)C(=O)OC. The minimum atomic E-state index is -1.27. The molecule has 0 fully saturated rings. The molecule has 0 aromatic heterocycles. The van der Waals surface area contributed by atoms with Gasteiger partial charge in [0.2, 0.25) is 5.71 Å². The third kappa shape index (κ3) is 4.64. The average Bonchev–Trinajstić information content (AvgIpc) is 2.61. The third-order valence-corrected chi connectivity index (χ3v) is 3.16. The molecule has 0 spiro atoms. The highest BCUT2D eigenvalue weighted by molar-refractivity contribution is 6.20. The zero-order chi connectivity index (χ0) is 18.3.